The monoisotopic (exact) mass is 894 g/mol. The van der Waals surface area contributed by atoms with Gasteiger partial charge < -0.3 is 19.3 Å². The molecule has 13 rings (SSSR count). The highest BCUT2D eigenvalue weighted by molar-refractivity contribution is 6.12. The van der Waals surface area contributed by atoms with Gasteiger partial charge in [0.05, 0.1) is 28.1 Å². The number of aromatic nitrogens is 1. The van der Waals surface area contributed by atoms with Crippen LogP contribution in [0.1, 0.15) is 0 Å². The number of nitrogens with zero attached hydrogens (tertiary/aromatic N) is 4. The third kappa shape index (κ3) is 7.10. The van der Waals surface area contributed by atoms with Gasteiger partial charge in [-0.05, 0) is 119 Å². The summed E-state index contributed by atoms with van der Waals surface area (Å²) in [7, 11) is 0. The summed E-state index contributed by atoms with van der Waals surface area (Å²) in [4.78, 5) is 7.17. The molecule has 70 heavy (non-hydrogen) atoms. The molecule has 0 aliphatic heterocycles. The summed E-state index contributed by atoms with van der Waals surface area (Å²) in [6, 6.07) is 101. The van der Waals surface area contributed by atoms with E-state index in [0.717, 1.165) is 67.9 Å². The minimum absolute atomic E-state index is 1.07. The summed E-state index contributed by atoms with van der Waals surface area (Å²) >= 11 is 0. The van der Waals surface area contributed by atoms with Crippen molar-refractivity contribution in [1.29, 1.82) is 0 Å². The Balaban J connectivity index is 1.05. The molecule has 0 bridgehead atoms. The predicted octanol–water partition coefficient (Wildman–Crippen LogP) is 18.7. The largest absolute Gasteiger partial charge is 0.310 e. The summed E-state index contributed by atoms with van der Waals surface area (Å²) in [6.07, 6.45) is 0. The maximum Gasteiger partial charge on any atom is 0.0561 e. The van der Waals surface area contributed by atoms with E-state index in [1.54, 1.807) is 0 Å². The highest BCUT2D eigenvalue weighted by Crippen LogP contribution is 2.46. The third-order valence-corrected chi connectivity index (χ3v) is 13.7. The van der Waals surface area contributed by atoms with Gasteiger partial charge in [-0.2, -0.15) is 0 Å². The first-order valence-corrected chi connectivity index (χ1v) is 23.9. The van der Waals surface area contributed by atoms with Crippen molar-refractivity contribution in [3.63, 3.8) is 0 Å². The van der Waals surface area contributed by atoms with Gasteiger partial charge in [-0.1, -0.05) is 176 Å². The maximum atomic E-state index is 2.46. The average Bonchev–Trinajstić information content (AvgIpc) is 3.75. The molecule has 0 atom stereocenters. The van der Waals surface area contributed by atoms with Gasteiger partial charge in [-0.3, -0.25) is 0 Å². The first kappa shape index (κ1) is 40.9. The zero-order valence-corrected chi connectivity index (χ0v) is 38.3. The van der Waals surface area contributed by atoms with Gasteiger partial charge in [-0.25, -0.2) is 0 Å². The Labute approximate surface area is 407 Å². The van der Waals surface area contributed by atoms with Gasteiger partial charge in [0.1, 0.15) is 0 Å². The molecule has 0 amide bonds. The van der Waals surface area contributed by atoms with Crippen molar-refractivity contribution in [2.75, 3.05) is 14.7 Å². The zero-order valence-electron chi connectivity index (χ0n) is 38.3. The summed E-state index contributed by atoms with van der Waals surface area (Å²) in [6.45, 7) is 0. The number of benzene rings is 12. The van der Waals surface area contributed by atoms with Crippen LogP contribution in [0, 0.1) is 0 Å². The van der Waals surface area contributed by atoms with Crippen molar-refractivity contribution in [3.8, 4) is 5.69 Å². The third-order valence-electron chi connectivity index (χ3n) is 13.7. The highest BCUT2D eigenvalue weighted by atomic mass is 15.2. The van der Waals surface area contributed by atoms with Gasteiger partial charge in [-0.15, -0.1) is 0 Å². The fourth-order valence-electron chi connectivity index (χ4n) is 10.5. The second-order valence-corrected chi connectivity index (χ2v) is 17.8. The predicted molar refractivity (Wildman–Crippen MR) is 297 cm³/mol. The van der Waals surface area contributed by atoms with Gasteiger partial charge in [0.25, 0.3) is 0 Å². The smallest absolute Gasteiger partial charge is 0.0561 e. The number of rotatable bonds is 10. The summed E-state index contributed by atoms with van der Waals surface area (Å²) < 4.78 is 2.46. The van der Waals surface area contributed by atoms with Gasteiger partial charge in [0.2, 0.25) is 0 Å². The van der Waals surface area contributed by atoms with E-state index < -0.39 is 0 Å². The molecule has 0 radical (unpaired) electrons. The van der Waals surface area contributed by atoms with Crippen LogP contribution in [-0.2, 0) is 0 Å². The average molecular weight is 895 g/mol. The van der Waals surface area contributed by atoms with E-state index in [1.807, 2.05) is 0 Å². The second-order valence-electron chi connectivity index (χ2n) is 17.8. The fourth-order valence-corrected chi connectivity index (χ4v) is 10.5. The second kappa shape index (κ2) is 17.4. The Morgan fingerprint density at radius 2 is 0.514 bits per heavy atom. The summed E-state index contributed by atoms with van der Waals surface area (Å²) in [5, 5.41) is 9.55. The van der Waals surface area contributed by atoms with Gasteiger partial charge in [0, 0.05) is 66.7 Å². The van der Waals surface area contributed by atoms with Crippen LogP contribution in [0.3, 0.4) is 0 Å². The molecule has 4 nitrogen and oxygen atoms in total. The lowest BCUT2D eigenvalue weighted by Gasteiger charge is -2.28. The van der Waals surface area contributed by atoms with Crippen LogP contribution in [0.4, 0.5) is 51.2 Å². The highest BCUT2D eigenvalue weighted by Gasteiger charge is 2.23. The lowest BCUT2D eigenvalue weighted by atomic mass is 10.1. The molecule has 0 saturated heterocycles. The molecule has 0 N–H and O–H groups in total. The zero-order chi connectivity index (χ0) is 46.4. The van der Waals surface area contributed by atoms with Crippen molar-refractivity contribution >= 4 is 105 Å². The molecule has 1 aromatic heterocycles. The molecule has 0 aliphatic rings. The molecular weight excluding hydrogens is 849 g/mol. The lowest BCUT2D eigenvalue weighted by molar-refractivity contribution is 1.17. The standard InChI is InChI=1S/C66H46N4/c1-4-25-50(26-5-1)67(62-34-16-22-47-19-10-13-31-57(47)62)53-37-39-54(40-38-53)70-65-45-55(68(51-27-6-2-7-28-51)63-35-17-23-48-20-11-14-32-58(48)63)41-43-60(65)61-44-42-56(46-66(61)70)69(52-29-8-3-9-30-52)64-36-18-24-49-21-12-15-33-59(49)64/h1-46H. The molecular formula is C66H46N4. The summed E-state index contributed by atoms with van der Waals surface area (Å²) in [5.41, 5.74) is 13.2. The van der Waals surface area contributed by atoms with Gasteiger partial charge >= 0.3 is 0 Å². The quantitative estimate of drug-likeness (QED) is 0.136. The van der Waals surface area contributed by atoms with Crippen LogP contribution >= 0.6 is 0 Å². The number of para-hydroxylation sites is 3. The molecule has 0 spiro atoms. The van der Waals surface area contributed by atoms with Gasteiger partial charge in [0.15, 0.2) is 0 Å². The maximum absolute atomic E-state index is 2.46. The topological polar surface area (TPSA) is 14.7 Å². The van der Waals surface area contributed by atoms with E-state index in [4.69, 9.17) is 0 Å². The van der Waals surface area contributed by atoms with Crippen LogP contribution < -0.4 is 14.7 Å². The summed E-state index contributed by atoms with van der Waals surface area (Å²) in [5.74, 6) is 0. The molecule has 13 aromatic rings. The normalized spacial score (nSPS) is 11.4. The molecule has 0 unspecified atom stereocenters. The fraction of sp³-hybridized carbons (Fsp3) is 0. The van der Waals surface area contributed by atoms with Crippen molar-refractivity contribution in [3.05, 3.63) is 279 Å². The molecule has 0 fully saturated rings. The van der Waals surface area contributed by atoms with E-state index in [9.17, 15) is 0 Å². The number of hydrogen-bond donors (Lipinski definition) is 0. The molecule has 12 aromatic carbocycles. The van der Waals surface area contributed by atoms with E-state index >= 15 is 0 Å². The molecule has 1 heterocycles. The Bertz CT molecular complexity index is 3820. The van der Waals surface area contributed by atoms with Crippen LogP contribution in [0.5, 0.6) is 0 Å². The molecule has 0 aliphatic carbocycles. The number of anilines is 9. The van der Waals surface area contributed by atoms with Crippen molar-refractivity contribution in [2.45, 2.75) is 0 Å². The van der Waals surface area contributed by atoms with E-state index in [-0.39, 0.29) is 0 Å². The van der Waals surface area contributed by atoms with E-state index in [2.05, 4.69) is 298 Å². The Morgan fingerprint density at radius 3 is 0.900 bits per heavy atom. The Kier molecular flexibility index (Phi) is 10.1. The molecule has 4 heteroatoms. The molecule has 0 saturated carbocycles. The van der Waals surface area contributed by atoms with E-state index in [0.29, 0.717) is 0 Å². The van der Waals surface area contributed by atoms with Crippen LogP contribution in [0.2, 0.25) is 0 Å². The van der Waals surface area contributed by atoms with Crippen LogP contribution in [0.25, 0.3) is 59.8 Å². The van der Waals surface area contributed by atoms with Crippen LogP contribution in [-0.4, -0.2) is 4.57 Å². The van der Waals surface area contributed by atoms with E-state index in [1.165, 1.54) is 43.1 Å². The van der Waals surface area contributed by atoms with Crippen LogP contribution in [0.15, 0.2) is 279 Å². The first-order chi connectivity index (χ1) is 34.7. The minimum atomic E-state index is 1.07. The Morgan fingerprint density at radius 1 is 0.214 bits per heavy atom. The number of hydrogen-bond acceptors (Lipinski definition) is 3. The Hall–Kier alpha value is -9.38. The van der Waals surface area contributed by atoms with Crippen molar-refractivity contribution in [1.82, 2.24) is 4.57 Å². The van der Waals surface area contributed by atoms with Crippen molar-refractivity contribution < 1.29 is 0 Å². The molecule has 330 valence electrons. The lowest BCUT2D eigenvalue weighted by Crippen LogP contribution is -2.11. The number of fused-ring (bicyclic) bond motifs is 6. The first-order valence-electron chi connectivity index (χ1n) is 23.9. The SMILES string of the molecule is c1ccc(N(c2ccc(-n3c4cc(N(c5ccccc5)c5cccc6ccccc56)ccc4c4ccc(N(c5ccccc5)c5cccc6ccccc56)cc43)cc2)c2cccc3ccccc23)cc1. The van der Waals surface area contributed by atoms with Crippen molar-refractivity contribution in [2.24, 2.45) is 0 Å². The minimum Gasteiger partial charge on any atom is -0.310 e.